The summed E-state index contributed by atoms with van der Waals surface area (Å²) >= 11 is 5.81. The highest BCUT2D eigenvalue weighted by Gasteiger charge is 2.18. The fraction of sp³-hybridized carbons (Fsp3) is 0.600. The van der Waals surface area contributed by atoms with Crippen molar-refractivity contribution in [2.75, 3.05) is 26.2 Å². The van der Waals surface area contributed by atoms with Gasteiger partial charge in [0.2, 0.25) is 0 Å². The maximum absolute atomic E-state index is 13.1. The monoisotopic (exact) mass is 320 g/mol. The van der Waals surface area contributed by atoms with Gasteiger partial charge in [0.25, 0.3) is 0 Å². The van der Waals surface area contributed by atoms with Crippen LogP contribution in [0.5, 0.6) is 0 Å². The molecule has 5 heteroatoms. The molecule has 0 spiro atoms. The summed E-state index contributed by atoms with van der Waals surface area (Å²) in [5.41, 5.74) is 1.09. The maximum Gasteiger partial charge on any atom is 0.141 e. The Labute approximate surface area is 132 Å². The van der Waals surface area contributed by atoms with Gasteiger partial charge in [-0.3, -0.25) is 4.90 Å². The average molecular weight is 321 g/mol. The Bertz CT molecular complexity index is 407. The van der Waals surface area contributed by atoms with Gasteiger partial charge >= 0.3 is 0 Å². The molecule has 1 N–H and O–H groups in total. The van der Waals surface area contributed by atoms with Crippen LogP contribution in [0.15, 0.2) is 18.2 Å². The first kappa shape index (κ1) is 17.7. The standard InChI is InChI=1S/C15H22ClFN2.ClH/c1-2-18-10-12-5-7-19(8-6-12)11-13-3-4-15(17)14(16)9-13;/h3-4,9,12,18H,2,5-8,10-11H2,1H3;1H. The van der Waals surface area contributed by atoms with Gasteiger partial charge in [0, 0.05) is 6.54 Å². The van der Waals surface area contributed by atoms with Crippen molar-refractivity contribution in [1.82, 2.24) is 10.2 Å². The summed E-state index contributed by atoms with van der Waals surface area (Å²) < 4.78 is 13.1. The molecule has 0 amide bonds. The molecular weight excluding hydrogens is 298 g/mol. The van der Waals surface area contributed by atoms with Crippen molar-refractivity contribution in [3.63, 3.8) is 0 Å². The summed E-state index contributed by atoms with van der Waals surface area (Å²) in [4.78, 5) is 2.42. The van der Waals surface area contributed by atoms with Crippen molar-refractivity contribution in [1.29, 1.82) is 0 Å². The molecule has 1 saturated heterocycles. The molecule has 114 valence electrons. The van der Waals surface area contributed by atoms with E-state index in [0.29, 0.717) is 0 Å². The number of piperidine rings is 1. The number of benzene rings is 1. The number of nitrogens with one attached hydrogen (secondary N) is 1. The fourth-order valence-corrected chi connectivity index (χ4v) is 2.80. The van der Waals surface area contributed by atoms with Gasteiger partial charge in [-0.25, -0.2) is 4.39 Å². The van der Waals surface area contributed by atoms with Crippen LogP contribution in [-0.4, -0.2) is 31.1 Å². The maximum atomic E-state index is 13.1. The molecule has 0 aromatic heterocycles. The lowest BCUT2D eigenvalue weighted by atomic mass is 9.96. The van der Waals surface area contributed by atoms with E-state index in [1.165, 1.54) is 18.9 Å². The van der Waals surface area contributed by atoms with E-state index in [1.54, 1.807) is 6.07 Å². The topological polar surface area (TPSA) is 15.3 Å². The zero-order valence-corrected chi connectivity index (χ0v) is 13.4. The van der Waals surface area contributed by atoms with Gasteiger partial charge in [-0.05, 0) is 62.6 Å². The Morgan fingerprint density at radius 1 is 1.35 bits per heavy atom. The van der Waals surface area contributed by atoms with Gasteiger partial charge in [0.05, 0.1) is 5.02 Å². The molecule has 2 rings (SSSR count). The minimum absolute atomic E-state index is 0. The first-order valence-electron chi connectivity index (χ1n) is 7.06. The third-order valence-electron chi connectivity index (χ3n) is 3.78. The molecule has 0 saturated carbocycles. The SMILES string of the molecule is CCNCC1CCN(Cc2ccc(F)c(Cl)c2)CC1.Cl. The van der Waals surface area contributed by atoms with Gasteiger partial charge in [-0.2, -0.15) is 0 Å². The van der Waals surface area contributed by atoms with E-state index in [0.717, 1.165) is 44.2 Å². The zero-order valence-electron chi connectivity index (χ0n) is 11.9. The Morgan fingerprint density at radius 2 is 2.05 bits per heavy atom. The van der Waals surface area contributed by atoms with Crippen molar-refractivity contribution in [3.05, 3.63) is 34.6 Å². The van der Waals surface area contributed by atoms with Crippen LogP contribution in [0.2, 0.25) is 5.02 Å². The van der Waals surface area contributed by atoms with Crippen LogP contribution in [-0.2, 0) is 6.54 Å². The van der Waals surface area contributed by atoms with Crippen molar-refractivity contribution in [2.45, 2.75) is 26.3 Å². The first-order valence-corrected chi connectivity index (χ1v) is 7.44. The van der Waals surface area contributed by atoms with Gasteiger partial charge in [-0.1, -0.05) is 24.6 Å². The average Bonchev–Trinajstić information content (AvgIpc) is 2.42. The van der Waals surface area contributed by atoms with Gasteiger partial charge in [0.15, 0.2) is 0 Å². The van der Waals surface area contributed by atoms with Crippen LogP contribution in [0.1, 0.15) is 25.3 Å². The molecule has 1 fully saturated rings. The molecule has 1 aromatic rings. The molecule has 0 bridgehead atoms. The van der Waals surface area contributed by atoms with Gasteiger partial charge in [-0.15, -0.1) is 12.4 Å². The Hall–Kier alpha value is -0.350. The normalized spacial score (nSPS) is 16.9. The summed E-state index contributed by atoms with van der Waals surface area (Å²) in [5, 5.41) is 3.64. The van der Waals surface area contributed by atoms with Crippen LogP contribution >= 0.6 is 24.0 Å². The highest BCUT2D eigenvalue weighted by molar-refractivity contribution is 6.30. The molecule has 1 aliphatic heterocycles. The second kappa shape index (κ2) is 8.83. The van der Waals surface area contributed by atoms with Crippen molar-refractivity contribution < 1.29 is 4.39 Å². The van der Waals surface area contributed by atoms with E-state index >= 15 is 0 Å². The van der Waals surface area contributed by atoms with Crippen molar-refractivity contribution in [3.8, 4) is 0 Å². The number of hydrogen-bond donors (Lipinski definition) is 1. The minimum atomic E-state index is -0.338. The summed E-state index contributed by atoms with van der Waals surface area (Å²) in [5.74, 6) is 0.461. The summed E-state index contributed by atoms with van der Waals surface area (Å²) in [6.45, 7) is 7.43. The Balaban J connectivity index is 0.00000200. The fourth-order valence-electron chi connectivity index (χ4n) is 2.59. The number of halogens is 3. The van der Waals surface area contributed by atoms with E-state index in [2.05, 4.69) is 17.1 Å². The molecule has 1 aliphatic rings. The molecule has 0 unspecified atom stereocenters. The predicted molar refractivity (Wildman–Crippen MR) is 85.2 cm³/mol. The number of rotatable bonds is 5. The van der Waals surface area contributed by atoms with Crippen LogP contribution in [0.4, 0.5) is 4.39 Å². The van der Waals surface area contributed by atoms with Crippen LogP contribution in [0.25, 0.3) is 0 Å². The molecular formula is C15H23Cl2FN2. The molecule has 0 atom stereocenters. The molecule has 0 radical (unpaired) electrons. The second-order valence-electron chi connectivity index (χ2n) is 5.28. The first-order chi connectivity index (χ1) is 9.19. The summed E-state index contributed by atoms with van der Waals surface area (Å²) in [7, 11) is 0. The highest BCUT2D eigenvalue weighted by atomic mass is 35.5. The van der Waals surface area contributed by atoms with E-state index in [-0.39, 0.29) is 23.2 Å². The smallest absolute Gasteiger partial charge is 0.141 e. The summed E-state index contributed by atoms with van der Waals surface area (Å²) in [6.07, 6.45) is 2.48. The van der Waals surface area contributed by atoms with E-state index < -0.39 is 0 Å². The van der Waals surface area contributed by atoms with E-state index in [9.17, 15) is 4.39 Å². The van der Waals surface area contributed by atoms with E-state index in [4.69, 9.17) is 11.6 Å². The second-order valence-corrected chi connectivity index (χ2v) is 5.68. The highest BCUT2D eigenvalue weighted by Crippen LogP contribution is 2.21. The Morgan fingerprint density at radius 3 is 2.65 bits per heavy atom. The lowest BCUT2D eigenvalue weighted by molar-refractivity contribution is 0.176. The zero-order chi connectivity index (χ0) is 13.7. The third kappa shape index (κ3) is 5.21. The van der Waals surface area contributed by atoms with Crippen LogP contribution in [0, 0.1) is 11.7 Å². The Kier molecular flexibility index (Phi) is 7.82. The lowest BCUT2D eigenvalue weighted by Gasteiger charge is -2.32. The lowest BCUT2D eigenvalue weighted by Crippen LogP contribution is -2.36. The quantitative estimate of drug-likeness (QED) is 0.889. The number of nitrogens with zero attached hydrogens (tertiary/aromatic N) is 1. The third-order valence-corrected chi connectivity index (χ3v) is 4.07. The molecule has 20 heavy (non-hydrogen) atoms. The molecule has 2 nitrogen and oxygen atoms in total. The van der Waals surface area contributed by atoms with Crippen molar-refractivity contribution >= 4 is 24.0 Å². The predicted octanol–water partition coefficient (Wildman–Crippen LogP) is 3.72. The van der Waals surface area contributed by atoms with Gasteiger partial charge in [0.1, 0.15) is 5.82 Å². The minimum Gasteiger partial charge on any atom is -0.317 e. The number of likely N-dealkylation sites (tertiary alicyclic amines) is 1. The molecule has 1 aromatic carbocycles. The van der Waals surface area contributed by atoms with Crippen LogP contribution in [0.3, 0.4) is 0 Å². The molecule has 0 aliphatic carbocycles. The molecule has 1 heterocycles. The van der Waals surface area contributed by atoms with Crippen LogP contribution < -0.4 is 5.32 Å². The number of hydrogen-bond acceptors (Lipinski definition) is 2. The van der Waals surface area contributed by atoms with E-state index in [1.807, 2.05) is 6.07 Å². The van der Waals surface area contributed by atoms with Crippen molar-refractivity contribution in [2.24, 2.45) is 5.92 Å². The summed E-state index contributed by atoms with van der Waals surface area (Å²) in [6, 6.07) is 5.02. The van der Waals surface area contributed by atoms with Gasteiger partial charge < -0.3 is 5.32 Å². The largest absolute Gasteiger partial charge is 0.317 e.